The summed E-state index contributed by atoms with van der Waals surface area (Å²) in [4.78, 5) is 12.4. The first-order chi connectivity index (χ1) is 28.2. The first kappa shape index (κ1) is 55.1. The van der Waals surface area contributed by atoms with Crippen LogP contribution in [0.3, 0.4) is 0 Å². The summed E-state index contributed by atoms with van der Waals surface area (Å²) in [6.07, 6.45) is 67.8. The van der Waals surface area contributed by atoms with E-state index in [1.165, 1.54) is 180 Å². The topological polar surface area (TPSA) is 69.6 Å². The number of aliphatic hydroxyl groups excluding tert-OH is 2. The van der Waals surface area contributed by atoms with Crippen LogP contribution in [-0.2, 0) is 4.79 Å². The van der Waals surface area contributed by atoms with Crippen LogP contribution in [0.15, 0.2) is 60.8 Å². The van der Waals surface area contributed by atoms with Crippen molar-refractivity contribution in [1.82, 2.24) is 5.32 Å². The molecule has 0 rings (SSSR count). The predicted octanol–water partition coefficient (Wildman–Crippen LogP) is 16.1. The molecule has 0 aliphatic carbocycles. The van der Waals surface area contributed by atoms with Gasteiger partial charge in [0.05, 0.1) is 18.8 Å². The highest BCUT2D eigenvalue weighted by Crippen LogP contribution is 2.16. The van der Waals surface area contributed by atoms with Gasteiger partial charge in [-0.2, -0.15) is 0 Å². The van der Waals surface area contributed by atoms with Crippen molar-refractivity contribution in [3.05, 3.63) is 60.8 Å². The minimum Gasteiger partial charge on any atom is -0.394 e. The Bertz CT molecular complexity index is 950. The number of unbranched alkanes of at least 4 members (excludes halogenated alkanes) is 30. The first-order valence-corrected chi connectivity index (χ1v) is 25.0. The Kier molecular flexibility index (Phi) is 46.8. The van der Waals surface area contributed by atoms with E-state index in [0.29, 0.717) is 6.42 Å². The fraction of sp³-hybridized carbons (Fsp3) is 0.792. The number of hydrogen-bond acceptors (Lipinski definition) is 3. The standard InChI is InChI=1S/C53H97NO3/c1-3-5-7-9-11-13-15-17-19-20-21-22-23-24-25-26-27-28-29-30-31-32-33-34-35-37-39-41-43-45-47-49-53(57)54-51(50-55)52(56)48-46-44-42-40-38-36-18-16-14-12-10-8-6-4-2/h5,7,11,13,17,19,21-22,46,48,51-52,55-56H,3-4,6,8-10,12,14-16,18,20,23-45,47,49-50H2,1-2H3,(H,54,57)/b7-5-,13-11-,19-17-,22-21-,48-46+. The number of amides is 1. The van der Waals surface area contributed by atoms with E-state index in [-0.39, 0.29) is 12.5 Å². The molecule has 1 amide bonds. The van der Waals surface area contributed by atoms with Gasteiger partial charge in [0.1, 0.15) is 0 Å². The van der Waals surface area contributed by atoms with Crippen LogP contribution in [0, 0.1) is 0 Å². The van der Waals surface area contributed by atoms with Crippen LogP contribution in [0.2, 0.25) is 0 Å². The van der Waals surface area contributed by atoms with E-state index >= 15 is 0 Å². The van der Waals surface area contributed by atoms with Crippen molar-refractivity contribution < 1.29 is 15.0 Å². The Morgan fingerprint density at radius 2 is 0.772 bits per heavy atom. The van der Waals surface area contributed by atoms with E-state index in [1.54, 1.807) is 6.08 Å². The zero-order valence-corrected chi connectivity index (χ0v) is 38.1. The van der Waals surface area contributed by atoms with Crippen molar-refractivity contribution >= 4 is 5.91 Å². The normalized spacial score (nSPS) is 13.4. The molecule has 0 aliphatic rings. The van der Waals surface area contributed by atoms with Crippen molar-refractivity contribution in [3.63, 3.8) is 0 Å². The van der Waals surface area contributed by atoms with Crippen molar-refractivity contribution in [2.45, 2.75) is 264 Å². The second-order valence-corrected chi connectivity index (χ2v) is 16.9. The van der Waals surface area contributed by atoms with Crippen LogP contribution in [0.25, 0.3) is 0 Å². The number of aliphatic hydroxyl groups is 2. The molecule has 2 unspecified atom stereocenters. The summed E-state index contributed by atoms with van der Waals surface area (Å²) in [5.74, 6) is -0.0633. The molecule has 0 saturated carbocycles. The molecule has 0 spiro atoms. The molecule has 4 nitrogen and oxygen atoms in total. The molecule has 0 aromatic heterocycles. The Morgan fingerprint density at radius 3 is 1.16 bits per heavy atom. The molecular formula is C53H97NO3. The smallest absolute Gasteiger partial charge is 0.220 e. The second-order valence-electron chi connectivity index (χ2n) is 16.9. The van der Waals surface area contributed by atoms with Crippen molar-refractivity contribution in [2.24, 2.45) is 0 Å². The lowest BCUT2D eigenvalue weighted by atomic mass is 10.0. The van der Waals surface area contributed by atoms with Gasteiger partial charge in [0.15, 0.2) is 0 Å². The largest absolute Gasteiger partial charge is 0.394 e. The Hall–Kier alpha value is -1.91. The summed E-state index contributed by atoms with van der Waals surface area (Å²) in [5.41, 5.74) is 0. The Balaban J connectivity index is 3.48. The van der Waals surface area contributed by atoms with Crippen molar-refractivity contribution in [3.8, 4) is 0 Å². The molecule has 0 heterocycles. The summed E-state index contributed by atoms with van der Waals surface area (Å²) < 4.78 is 0. The predicted molar refractivity (Wildman–Crippen MR) is 253 cm³/mol. The number of nitrogens with one attached hydrogen (secondary N) is 1. The Morgan fingerprint density at radius 1 is 0.439 bits per heavy atom. The van der Waals surface area contributed by atoms with Crippen LogP contribution < -0.4 is 5.32 Å². The summed E-state index contributed by atoms with van der Waals surface area (Å²) in [6, 6.07) is -0.621. The van der Waals surface area contributed by atoms with E-state index in [0.717, 1.165) is 51.4 Å². The van der Waals surface area contributed by atoms with E-state index < -0.39 is 12.1 Å². The van der Waals surface area contributed by atoms with Crippen molar-refractivity contribution in [2.75, 3.05) is 6.61 Å². The van der Waals surface area contributed by atoms with Gasteiger partial charge in [-0.3, -0.25) is 4.79 Å². The third kappa shape index (κ3) is 45.0. The molecule has 0 aromatic carbocycles. The number of carbonyl (C=O) groups is 1. The van der Waals surface area contributed by atoms with Crippen molar-refractivity contribution in [1.29, 1.82) is 0 Å². The van der Waals surface area contributed by atoms with Crippen LogP contribution in [0.1, 0.15) is 251 Å². The summed E-state index contributed by atoms with van der Waals surface area (Å²) in [7, 11) is 0. The summed E-state index contributed by atoms with van der Waals surface area (Å²) in [5, 5.41) is 23.1. The molecule has 57 heavy (non-hydrogen) atoms. The van der Waals surface area contributed by atoms with Gasteiger partial charge in [0.2, 0.25) is 5.91 Å². The SMILES string of the molecule is CC/C=C\C/C=C\C/C=C\C/C=C\CCCCCCCCCCCCCCCCCCCCC(=O)NC(CO)C(O)/C=C/CCCCCCCCCCCCCC. The highest BCUT2D eigenvalue weighted by Gasteiger charge is 2.18. The molecule has 0 aliphatic heterocycles. The van der Waals surface area contributed by atoms with Crippen LogP contribution in [-0.4, -0.2) is 34.9 Å². The fourth-order valence-corrected chi connectivity index (χ4v) is 7.46. The van der Waals surface area contributed by atoms with Gasteiger partial charge in [0.25, 0.3) is 0 Å². The highest BCUT2D eigenvalue weighted by molar-refractivity contribution is 5.76. The van der Waals surface area contributed by atoms with Crippen LogP contribution in [0.4, 0.5) is 0 Å². The molecular weight excluding hydrogens is 699 g/mol. The maximum absolute atomic E-state index is 12.4. The zero-order chi connectivity index (χ0) is 41.4. The Labute approximate surface area is 356 Å². The quantitative estimate of drug-likeness (QED) is 0.0425. The molecule has 4 heteroatoms. The van der Waals surface area contributed by atoms with E-state index in [1.807, 2.05) is 6.08 Å². The lowest BCUT2D eigenvalue weighted by Crippen LogP contribution is -2.45. The molecule has 2 atom stereocenters. The number of rotatable bonds is 45. The minimum atomic E-state index is -0.838. The minimum absolute atomic E-state index is 0.0633. The molecule has 0 fully saturated rings. The van der Waals surface area contributed by atoms with Crippen LogP contribution >= 0.6 is 0 Å². The van der Waals surface area contributed by atoms with Crippen LogP contribution in [0.5, 0.6) is 0 Å². The van der Waals surface area contributed by atoms with Gasteiger partial charge >= 0.3 is 0 Å². The van der Waals surface area contributed by atoms with Gasteiger partial charge in [0, 0.05) is 6.42 Å². The van der Waals surface area contributed by atoms with Gasteiger partial charge in [-0.25, -0.2) is 0 Å². The average Bonchev–Trinajstić information content (AvgIpc) is 3.22. The summed E-state index contributed by atoms with van der Waals surface area (Å²) in [6.45, 7) is 4.20. The molecule has 3 N–H and O–H groups in total. The fourth-order valence-electron chi connectivity index (χ4n) is 7.46. The molecule has 0 bridgehead atoms. The number of allylic oxidation sites excluding steroid dienone is 9. The van der Waals surface area contributed by atoms with Gasteiger partial charge < -0.3 is 15.5 Å². The zero-order valence-electron chi connectivity index (χ0n) is 38.1. The number of carbonyl (C=O) groups excluding carboxylic acids is 1. The van der Waals surface area contributed by atoms with E-state index in [2.05, 4.69) is 67.8 Å². The average molecular weight is 796 g/mol. The second kappa shape index (κ2) is 48.5. The van der Waals surface area contributed by atoms with E-state index in [9.17, 15) is 15.0 Å². The van der Waals surface area contributed by atoms with Gasteiger partial charge in [-0.1, -0.05) is 248 Å². The number of hydrogen-bond donors (Lipinski definition) is 3. The van der Waals surface area contributed by atoms with E-state index in [4.69, 9.17) is 0 Å². The van der Waals surface area contributed by atoms with Gasteiger partial charge in [-0.05, 0) is 57.8 Å². The summed E-state index contributed by atoms with van der Waals surface area (Å²) >= 11 is 0. The molecule has 332 valence electrons. The lowest BCUT2D eigenvalue weighted by Gasteiger charge is -2.20. The monoisotopic (exact) mass is 796 g/mol. The molecule has 0 aromatic rings. The van der Waals surface area contributed by atoms with Gasteiger partial charge in [-0.15, -0.1) is 0 Å². The third-order valence-corrected chi connectivity index (χ3v) is 11.3. The maximum Gasteiger partial charge on any atom is 0.220 e. The first-order valence-electron chi connectivity index (χ1n) is 25.0. The maximum atomic E-state index is 12.4. The lowest BCUT2D eigenvalue weighted by molar-refractivity contribution is -0.123. The molecule has 0 saturated heterocycles. The third-order valence-electron chi connectivity index (χ3n) is 11.3. The molecule has 0 radical (unpaired) electrons. The highest BCUT2D eigenvalue weighted by atomic mass is 16.3.